The molecule has 0 saturated heterocycles. The zero-order chi connectivity index (χ0) is 21.5. The van der Waals surface area contributed by atoms with E-state index in [4.69, 9.17) is 4.74 Å². The first kappa shape index (κ1) is 21.2. The number of non-ortho nitro benzene ring substituents is 1. The van der Waals surface area contributed by atoms with Gasteiger partial charge in [-0.1, -0.05) is 12.1 Å². The molecule has 0 unspecified atom stereocenters. The molecule has 3 aromatic carbocycles. The number of hydrogen-bond donors (Lipinski definition) is 1. The van der Waals surface area contributed by atoms with E-state index in [1.165, 1.54) is 12.1 Å². The molecule has 7 nitrogen and oxygen atoms in total. The summed E-state index contributed by atoms with van der Waals surface area (Å²) in [5.74, 6) is 0.276. The molecule has 0 bridgehead atoms. The van der Waals surface area contributed by atoms with Crippen molar-refractivity contribution in [1.82, 2.24) is 0 Å². The molecule has 0 radical (unpaired) electrons. The Bertz CT molecular complexity index is 1100. The molecule has 8 heteroatoms. The Labute approximate surface area is 181 Å². The van der Waals surface area contributed by atoms with E-state index in [-0.39, 0.29) is 18.2 Å². The minimum Gasteiger partial charge on any atom is -0.483 e. The maximum Gasteiger partial charge on any atom is 0.269 e. The molecule has 0 aliphatic heterocycles. The van der Waals surface area contributed by atoms with Gasteiger partial charge in [-0.15, -0.1) is 0 Å². The summed E-state index contributed by atoms with van der Waals surface area (Å²) in [6.45, 7) is 1.83. The quantitative estimate of drug-likeness (QED) is 0.284. The van der Waals surface area contributed by atoms with Crippen molar-refractivity contribution >= 4 is 45.1 Å². The van der Waals surface area contributed by atoms with Crippen LogP contribution in [0, 0.1) is 17.0 Å². The van der Waals surface area contributed by atoms with Crippen LogP contribution in [-0.4, -0.2) is 23.7 Å². The zero-order valence-electron chi connectivity index (χ0n) is 16.0. The number of amides is 1. The minimum absolute atomic E-state index is 0.0182. The number of benzene rings is 3. The van der Waals surface area contributed by atoms with Gasteiger partial charge in [-0.05, 0) is 76.4 Å². The first-order valence-corrected chi connectivity index (χ1v) is 9.77. The second kappa shape index (κ2) is 9.80. The number of nitrogens with zero attached hydrogens (tertiary/aromatic N) is 2. The van der Waals surface area contributed by atoms with Crippen molar-refractivity contribution < 1.29 is 14.5 Å². The number of anilines is 1. The van der Waals surface area contributed by atoms with E-state index in [1.807, 2.05) is 37.3 Å². The largest absolute Gasteiger partial charge is 0.483 e. The van der Waals surface area contributed by atoms with Gasteiger partial charge in [-0.25, -0.2) is 0 Å². The van der Waals surface area contributed by atoms with Crippen LogP contribution in [0.1, 0.15) is 11.1 Å². The van der Waals surface area contributed by atoms with E-state index < -0.39 is 4.92 Å². The maximum atomic E-state index is 12.1. The Kier molecular flexibility index (Phi) is 6.92. The molecular weight excluding hydrogens is 450 g/mol. The van der Waals surface area contributed by atoms with E-state index >= 15 is 0 Å². The Balaban J connectivity index is 1.58. The van der Waals surface area contributed by atoms with Crippen molar-refractivity contribution in [2.75, 3.05) is 11.9 Å². The normalized spacial score (nSPS) is 10.7. The standard InChI is InChI=1S/C22H18BrN3O4/c1-15-3-2-4-18(11-15)25-22(27)14-30-21-10-5-16(12-20(21)23)13-24-17-6-8-19(9-7-17)26(28)29/h2-13H,14H2,1H3,(H,25,27). The molecule has 0 aliphatic rings. The second-order valence-corrected chi connectivity index (χ2v) is 7.28. The molecule has 1 amide bonds. The van der Waals surface area contributed by atoms with E-state index in [0.29, 0.717) is 15.9 Å². The molecule has 3 rings (SSSR count). The van der Waals surface area contributed by atoms with Crippen LogP contribution < -0.4 is 10.1 Å². The molecule has 0 saturated carbocycles. The number of nitro benzene ring substituents is 1. The highest BCUT2D eigenvalue weighted by Gasteiger charge is 2.07. The summed E-state index contributed by atoms with van der Waals surface area (Å²) in [6.07, 6.45) is 1.64. The lowest BCUT2D eigenvalue weighted by molar-refractivity contribution is -0.384. The van der Waals surface area contributed by atoms with Gasteiger partial charge in [-0.2, -0.15) is 0 Å². The number of ether oxygens (including phenoxy) is 1. The fourth-order valence-corrected chi connectivity index (χ4v) is 3.10. The molecule has 0 aromatic heterocycles. The lowest BCUT2D eigenvalue weighted by Gasteiger charge is -2.10. The van der Waals surface area contributed by atoms with Gasteiger partial charge >= 0.3 is 0 Å². The van der Waals surface area contributed by atoms with Gasteiger partial charge in [0.05, 0.1) is 15.1 Å². The number of hydrogen-bond acceptors (Lipinski definition) is 5. The monoisotopic (exact) mass is 467 g/mol. The summed E-state index contributed by atoms with van der Waals surface area (Å²) in [5, 5.41) is 13.5. The highest BCUT2D eigenvalue weighted by atomic mass is 79.9. The summed E-state index contributed by atoms with van der Waals surface area (Å²) in [5.41, 5.74) is 3.20. The number of carbonyl (C=O) groups excluding carboxylic acids is 1. The van der Waals surface area contributed by atoms with Crippen LogP contribution in [0.5, 0.6) is 5.75 Å². The number of nitro groups is 1. The van der Waals surface area contributed by atoms with Gasteiger partial charge in [0, 0.05) is 24.0 Å². The maximum absolute atomic E-state index is 12.1. The van der Waals surface area contributed by atoms with E-state index in [0.717, 1.165) is 16.8 Å². The fraction of sp³-hybridized carbons (Fsp3) is 0.0909. The molecule has 0 spiro atoms. The first-order chi connectivity index (χ1) is 14.4. The molecule has 30 heavy (non-hydrogen) atoms. The summed E-state index contributed by atoms with van der Waals surface area (Å²) in [6, 6.07) is 18.8. The molecule has 152 valence electrons. The van der Waals surface area contributed by atoms with Crippen molar-refractivity contribution in [3.8, 4) is 5.75 Å². The Morgan fingerprint density at radius 1 is 1.17 bits per heavy atom. The number of rotatable bonds is 7. The smallest absolute Gasteiger partial charge is 0.269 e. The van der Waals surface area contributed by atoms with Crippen molar-refractivity contribution in [2.45, 2.75) is 6.92 Å². The summed E-state index contributed by atoms with van der Waals surface area (Å²) >= 11 is 3.43. The van der Waals surface area contributed by atoms with E-state index in [2.05, 4.69) is 26.2 Å². The van der Waals surface area contributed by atoms with Gasteiger partial charge in [0.25, 0.3) is 11.6 Å². The number of aliphatic imine (C=N–C) groups is 1. The van der Waals surface area contributed by atoms with E-state index in [9.17, 15) is 14.9 Å². The van der Waals surface area contributed by atoms with Crippen LogP contribution in [0.15, 0.2) is 76.2 Å². The third kappa shape index (κ3) is 5.99. The van der Waals surface area contributed by atoms with Gasteiger partial charge in [0.1, 0.15) is 5.75 Å². The van der Waals surface area contributed by atoms with Crippen LogP contribution >= 0.6 is 15.9 Å². The predicted molar refractivity (Wildman–Crippen MR) is 120 cm³/mol. The molecule has 0 aliphatic carbocycles. The van der Waals surface area contributed by atoms with Crippen molar-refractivity contribution in [3.05, 3.63) is 92.4 Å². The Morgan fingerprint density at radius 3 is 2.60 bits per heavy atom. The van der Waals surface area contributed by atoms with Gasteiger partial charge < -0.3 is 10.1 Å². The summed E-state index contributed by atoms with van der Waals surface area (Å²) < 4.78 is 6.27. The fourth-order valence-electron chi connectivity index (χ4n) is 2.59. The van der Waals surface area contributed by atoms with Gasteiger partial charge in [0.2, 0.25) is 0 Å². The minimum atomic E-state index is -0.454. The van der Waals surface area contributed by atoms with Gasteiger partial charge in [-0.3, -0.25) is 19.9 Å². The van der Waals surface area contributed by atoms with E-state index in [1.54, 1.807) is 30.5 Å². The van der Waals surface area contributed by atoms with Crippen LogP contribution in [0.4, 0.5) is 17.1 Å². The third-order valence-electron chi connectivity index (χ3n) is 4.04. The SMILES string of the molecule is Cc1cccc(NC(=O)COc2ccc(C=Nc3ccc([N+](=O)[O-])cc3)cc2Br)c1. The molecule has 0 fully saturated rings. The van der Waals surface area contributed by atoms with Crippen LogP contribution in [0.3, 0.4) is 0 Å². The average Bonchev–Trinajstić information content (AvgIpc) is 2.72. The zero-order valence-corrected chi connectivity index (χ0v) is 17.6. The van der Waals surface area contributed by atoms with Crippen molar-refractivity contribution in [2.24, 2.45) is 4.99 Å². The summed E-state index contributed by atoms with van der Waals surface area (Å²) in [7, 11) is 0. The average molecular weight is 468 g/mol. The number of carbonyl (C=O) groups is 1. The summed E-state index contributed by atoms with van der Waals surface area (Å²) in [4.78, 5) is 26.6. The predicted octanol–water partition coefficient (Wildman–Crippen LogP) is 5.43. The lowest BCUT2D eigenvalue weighted by Crippen LogP contribution is -2.20. The van der Waals surface area contributed by atoms with Crippen LogP contribution in [-0.2, 0) is 4.79 Å². The highest BCUT2D eigenvalue weighted by molar-refractivity contribution is 9.10. The molecule has 0 heterocycles. The Hall–Kier alpha value is -3.52. The van der Waals surface area contributed by atoms with Crippen LogP contribution in [0.25, 0.3) is 0 Å². The molecule has 3 aromatic rings. The topological polar surface area (TPSA) is 93.8 Å². The highest BCUT2D eigenvalue weighted by Crippen LogP contribution is 2.26. The first-order valence-electron chi connectivity index (χ1n) is 8.98. The molecular formula is C22H18BrN3O4. The number of nitrogens with one attached hydrogen (secondary N) is 1. The number of aryl methyl sites for hydroxylation is 1. The lowest BCUT2D eigenvalue weighted by atomic mass is 10.2. The second-order valence-electron chi connectivity index (χ2n) is 6.43. The van der Waals surface area contributed by atoms with Crippen molar-refractivity contribution in [1.29, 1.82) is 0 Å². The van der Waals surface area contributed by atoms with Crippen molar-refractivity contribution in [3.63, 3.8) is 0 Å². The molecule has 1 N–H and O–H groups in total. The van der Waals surface area contributed by atoms with Crippen LogP contribution in [0.2, 0.25) is 0 Å². The van der Waals surface area contributed by atoms with Gasteiger partial charge in [0.15, 0.2) is 6.61 Å². The number of halogens is 1. The Morgan fingerprint density at radius 2 is 1.93 bits per heavy atom. The third-order valence-corrected chi connectivity index (χ3v) is 4.66. The molecule has 0 atom stereocenters.